The fourth-order valence-electron chi connectivity index (χ4n) is 3.98. The molecule has 0 radical (unpaired) electrons. The molecule has 5 rings (SSSR count). The maximum absolute atomic E-state index is 13.5. The van der Waals surface area contributed by atoms with Gasteiger partial charge >= 0.3 is 0 Å². The molecule has 1 aliphatic carbocycles. The van der Waals surface area contributed by atoms with Crippen molar-refractivity contribution in [3.8, 4) is 16.8 Å². The summed E-state index contributed by atoms with van der Waals surface area (Å²) in [6.07, 6.45) is 9.19. The Kier molecular flexibility index (Phi) is 6.62. The average Bonchev–Trinajstić information content (AvgIpc) is 3.43. The second-order valence-corrected chi connectivity index (χ2v) is 9.04. The molecule has 0 spiro atoms. The lowest BCUT2D eigenvalue weighted by molar-refractivity contribution is -0.121. The molecule has 0 saturated heterocycles. The molecule has 0 unspecified atom stereocenters. The zero-order valence-electron chi connectivity index (χ0n) is 19.9. The number of carbonyl (C=O) groups excluding carboxylic acids is 2. The van der Waals surface area contributed by atoms with Crippen LogP contribution in [0.3, 0.4) is 0 Å². The van der Waals surface area contributed by atoms with Crippen LogP contribution in [0.1, 0.15) is 41.7 Å². The van der Waals surface area contributed by atoms with Crippen LogP contribution in [0.4, 0.5) is 10.3 Å². The Morgan fingerprint density at radius 3 is 2.61 bits per heavy atom. The van der Waals surface area contributed by atoms with E-state index in [-0.39, 0.29) is 17.6 Å². The number of benzene rings is 2. The first-order chi connectivity index (χ1) is 17.4. The van der Waals surface area contributed by atoms with Crippen LogP contribution in [-0.2, 0) is 18.3 Å². The first-order valence-corrected chi connectivity index (χ1v) is 12.0. The third kappa shape index (κ3) is 5.68. The number of hydrogen-bond acceptors (Lipinski definition) is 4. The summed E-state index contributed by atoms with van der Waals surface area (Å²) >= 11 is 0. The van der Waals surface area contributed by atoms with E-state index in [9.17, 15) is 14.0 Å². The largest absolute Gasteiger partial charge is 0.353 e. The van der Waals surface area contributed by atoms with Gasteiger partial charge in [0.1, 0.15) is 5.82 Å². The Bertz CT molecular complexity index is 1390. The van der Waals surface area contributed by atoms with E-state index in [0.29, 0.717) is 42.5 Å². The highest BCUT2D eigenvalue weighted by Gasteiger charge is 2.23. The molecule has 0 bridgehead atoms. The fourth-order valence-corrected chi connectivity index (χ4v) is 3.98. The molecule has 9 heteroatoms. The van der Waals surface area contributed by atoms with E-state index >= 15 is 0 Å². The Balaban J connectivity index is 1.34. The normalized spacial score (nSPS) is 12.9. The predicted octanol–water partition coefficient (Wildman–Crippen LogP) is 4.27. The van der Waals surface area contributed by atoms with Gasteiger partial charge in [-0.25, -0.2) is 9.37 Å². The van der Waals surface area contributed by atoms with Crippen LogP contribution in [0.25, 0.3) is 16.8 Å². The van der Waals surface area contributed by atoms with Crippen molar-refractivity contribution in [3.63, 3.8) is 0 Å². The summed E-state index contributed by atoms with van der Waals surface area (Å²) in [5, 5.41) is 10.1. The Morgan fingerprint density at radius 1 is 1.08 bits per heavy atom. The molecule has 2 aromatic heterocycles. The van der Waals surface area contributed by atoms with Crippen LogP contribution in [-0.4, -0.2) is 37.2 Å². The van der Waals surface area contributed by atoms with E-state index in [1.165, 1.54) is 12.1 Å². The number of nitrogens with one attached hydrogen (secondary N) is 2. The number of anilines is 1. The van der Waals surface area contributed by atoms with E-state index < -0.39 is 0 Å². The van der Waals surface area contributed by atoms with Crippen molar-refractivity contribution >= 4 is 17.8 Å². The standard InChI is InChI=1S/C27H27FN6O2/c1-33-16-20(15-29-33)18-4-2-5-19(14-18)26(36)32-27-31-23(6-3-7-25(35)30-22-10-11-22)17-34(27)24-12-8-21(28)9-13-24/h2,4-5,8-9,12-17,22H,3,6-7,10-11H2,1H3,(H,30,35)(H,31,32,36). The van der Waals surface area contributed by atoms with E-state index in [0.717, 1.165) is 29.7 Å². The van der Waals surface area contributed by atoms with E-state index in [2.05, 4.69) is 20.7 Å². The smallest absolute Gasteiger partial charge is 0.258 e. The minimum absolute atomic E-state index is 0.0532. The van der Waals surface area contributed by atoms with Crippen molar-refractivity contribution in [2.75, 3.05) is 5.32 Å². The molecule has 0 atom stereocenters. The lowest BCUT2D eigenvalue weighted by atomic mass is 10.1. The van der Waals surface area contributed by atoms with Crippen LogP contribution < -0.4 is 10.6 Å². The topological polar surface area (TPSA) is 93.8 Å². The second kappa shape index (κ2) is 10.2. The van der Waals surface area contributed by atoms with Gasteiger partial charge in [0, 0.05) is 48.7 Å². The summed E-state index contributed by atoms with van der Waals surface area (Å²) in [5.41, 5.74) is 3.66. The van der Waals surface area contributed by atoms with Crippen molar-refractivity contribution in [1.82, 2.24) is 24.6 Å². The molecule has 2 heterocycles. The number of halogens is 1. The molecular weight excluding hydrogens is 459 g/mol. The summed E-state index contributed by atoms with van der Waals surface area (Å²) in [5.74, 6) is -0.281. The number of aryl methyl sites for hydroxylation is 2. The predicted molar refractivity (Wildman–Crippen MR) is 134 cm³/mol. The average molecular weight is 487 g/mol. The molecule has 0 aliphatic heterocycles. The highest BCUT2D eigenvalue weighted by atomic mass is 19.1. The monoisotopic (exact) mass is 486 g/mol. The van der Waals surface area contributed by atoms with Gasteiger partial charge in [-0.3, -0.25) is 24.2 Å². The first kappa shape index (κ1) is 23.5. The maximum atomic E-state index is 13.5. The van der Waals surface area contributed by atoms with Gasteiger partial charge in [0.15, 0.2) is 0 Å². The maximum Gasteiger partial charge on any atom is 0.258 e. The van der Waals surface area contributed by atoms with Crippen molar-refractivity contribution in [2.24, 2.45) is 7.05 Å². The number of amides is 2. The molecule has 2 aromatic carbocycles. The molecule has 4 aromatic rings. The quantitative estimate of drug-likeness (QED) is 0.370. The van der Waals surface area contributed by atoms with Gasteiger partial charge in [-0.1, -0.05) is 12.1 Å². The Hall–Kier alpha value is -4.27. The molecule has 1 fully saturated rings. The van der Waals surface area contributed by atoms with E-state index in [1.54, 1.807) is 39.7 Å². The van der Waals surface area contributed by atoms with Gasteiger partial charge < -0.3 is 5.32 Å². The van der Waals surface area contributed by atoms with Crippen LogP contribution in [0.5, 0.6) is 0 Å². The third-order valence-electron chi connectivity index (χ3n) is 6.03. The zero-order valence-corrected chi connectivity index (χ0v) is 19.9. The minimum atomic E-state index is -0.349. The van der Waals surface area contributed by atoms with Crippen LogP contribution in [0.15, 0.2) is 67.1 Å². The second-order valence-electron chi connectivity index (χ2n) is 9.04. The summed E-state index contributed by atoms with van der Waals surface area (Å²) in [6, 6.07) is 13.6. The Labute approximate surface area is 208 Å². The van der Waals surface area contributed by atoms with E-state index in [1.807, 2.05) is 31.6 Å². The number of rotatable bonds is 9. The lowest BCUT2D eigenvalue weighted by Gasteiger charge is -2.09. The van der Waals surface area contributed by atoms with Gasteiger partial charge in [-0.05, 0) is 67.6 Å². The van der Waals surface area contributed by atoms with Crippen molar-refractivity contribution in [3.05, 3.63) is 84.2 Å². The summed E-state index contributed by atoms with van der Waals surface area (Å²) in [6.45, 7) is 0. The number of nitrogens with zero attached hydrogens (tertiary/aromatic N) is 4. The van der Waals surface area contributed by atoms with Gasteiger partial charge in [0.05, 0.1) is 11.9 Å². The lowest BCUT2D eigenvalue weighted by Crippen LogP contribution is -2.25. The van der Waals surface area contributed by atoms with Crippen molar-refractivity contribution in [2.45, 2.75) is 38.1 Å². The fraction of sp³-hybridized carbons (Fsp3) is 0.259. The Morgan fingerprint density at radius 2 is 1.89 bits per heavy atom. The minimum Gasteiger partial charge on any atom is -0.353 e. The van der Waals surface area contributed by atoms with Crippen molar-refractivity contribution in [1.29, 1.82) is 0 Å². The number of hydrogen-bond donors (Lipinski definition) is 2. The zero-order chi connectivity index (χ0) is 25.1. The number of aromatic nitrogens is 4. The highest BCUT2D eigenvalue weighted by Crippen LogP contribution is 2.23. The molecule has 2 N–H and O–H groups in total. The van der Waals surface area contributed by atoms with Gasteiger partial charge in [-0.2, -0.15) is 5.10 Å². The molecule has 1 saturated carbocycles. The highest BCUT2D eigenvalue weighted by molar-refractivity contribution is 6.04. The molecule has 8 nitrogen and oxygen atoms in total. The van der Waals surface area contributed by atoms with Crippen molar-refractivity contribution < 1.29 is 14.0 Å². The number of imidazole rings is 1. The van der Waals surface area contributed by atoms with Crippen LogP contribution in [0.2, 0.25) is 0 Å². The molecule has 36 heavy (non-hydrogen) atoms. The SMILES string of the molecule is Cn1cc(-c2cccc(C(=O)Nc3nc(CCCC(=O)NC4CC4)cn3-c3ccc(F)cc3)c2)cn1. The summed E-state index contributed by atoms with van der Waals surface area (Å²) < 4.78 is 16.9. The summed E-state index contributed by atoms with van der Waals surface area (Å²) in [7, 11) is 1.84. The van der Waals surface area contributed by atoms with Gasteiger partial charge in [-0.15, -0.1) is 0 Å². The summed E-state index contributed by atoms with van der Waals surface area (Å²) in [4.78, 5) is 29.8. The molecular formula is C27H27FN6O2. The molecule has 1 aliphatic rings. The van der Waals surface area contributed by atoms with Gasteiger partial charge in [0.25, 0.3) is 5.91 Å². The van der Waals surface area contributed by atoms with Crippen LogP contribution >= 0.6 is 0 Å². The first-order valence-electron chi connectivity index (χ1n) is 12.0. The van der Waals surface area contributed by atoms with Gasteiger partial charge in [0.2, 0.25) is 11.9 Å². The molecule has 2 amide bonds. The van der Waals surface area contributed by atoms with Crippen LogP contribution in [0, 0.1) is 5.82 Å². The third-order valence-corrected chi connectivity index (χ3v) is 6.03. The number of carbonyl (C=O) groups is 2. The van der Waals surface area contributed by atoms with E-state index in [4.69, 9.17) is 0 Å². The molecule has 184 valence electrons.